The van der Waals surface area contributed by atoms with Crippen molar-refractivity contribution in [2.45, 2.75) is 212 Å². The first-order valence-electron chi connectivity index (χ1n) is 20.8. The number of ether oxygens (including phenoxy) is 2. The lowest BCUT2D eigenvalue weighted by molar-refractivity contribution is -0.189. The van der Waals surface area contributed by atoms with Crippen LogP contribution >= 0.6 is 0 Å². The average molecular weight is 654 g/mol. The van der Waals surface area contributed by atoms with E-state index < -0.39 is 0 Å². The lowest BCUT2D eigenvalue weighted by atomic mass is 9.98. The van der Waals surface area contributed by atoms with E-state index in [-0.39, 0.29) is 11.9 Å². The number of likely N-dealkylation sites (N-methyl/N-ethyl adjacent to an activating group) is 1. The van der Waals surface area contributed by atoms with Gasteiger partial charge in [0.15, 0.2) is 5.79 Å². The molecule has 2 aliphatic rings. The van der Waals surface area contributed by atoms with Crippen molar-refractivity contribution in [2.75, 3.05) is 20.1 Å². The molecule has 0 aliphatic carbocycles. The highest BCUT2D eigenvalue weighted by atomic mass is 16.8. The van der Waals surface area contributed by atoms with Gasteiger partial charge in [0.2, 0.25) is 0 Å². The van der Waals surface area contributed by atoms with E-state index in [1.54, 1.807) is 0 Å². The van der Waals surface area contributed by atoms with Gasteiger partial charge in [-0.2, -0.15) is 0 Å². The first kappa shape index (κ1) is 42.0. The van der Waals surface area contributed by atoms with Crippen molar-refractivity contribution in [3.63, 3.8) is 0 Å². The van der Waals surface area contributed by atoms with E-state index in [0.29, 0.717) is 6.10 Å². The van der Waals surface area contributed by atoms with Crippen molar-refractivity contribution < 1.29 is 9.47 Å². The number of nitrogens with zero attached hydrogens (tertiary/aromatic N) is 1. The summed E-state index contributed by atoms with van der Waals surface area (Å²) in [6.07, 6.45) is 55.1. The molecule has 0 radical (unpaired) electrons. The lowest BCUT2D eigenvalue weighted by Crippen LogP contribution is -2.35. The Morgan fingerprint density at radius 2 is 0.915 bits per heavy atom. The Labute approximate surface area is 294 Å². The van der Waals surface area contributed by atoms with Crippen LogP contribution in [0, 0.1) is 0 Å². The monoisotopic (exact) mass is 654 g/mol. The number of unbranched alkanes of at least 4 members (excludes halogenated alkanes) is 18. The molecule has 3 heteroatoms. The summed E-state index contributed by atoms with van der Waals surface area (Å²) in [5, 5.41) is 0. The zero-order valence-electron chi connectivity index (χ0n) is 31.8. The second-order valence-electron chi connectivity index (χ2n) is 14.8. The molecule has 47 heavy (non-hydrogen) atoms. The minimum absolute atomic E-state index is 0.261. The van der Waals surface area contributed by atoms with Crippen LogP contribution in [0.25, 0.3) is 0 Å². The molecule has 0 spiro atoms. The van der Waals surface area contributed by atoms with E-state index in [0.717, 1.165) is 38.6 Å². The summed E-state index contributed by atoms with van der Waals surface area (Å²) in [6, 6.07) is 0. The number of rotatable bonds is 30. The third-order valence-corrected chi connectivity index (χ3v) is 10.2. The van der Waals surface area contributed by atoms with Crippen LogP contribution in [0.15, 0.2) is 48.6 Å². The summed E-state index contributed by atoms with van der Waals surface area (Å²) < 4.78 is 13.7. The molecule has 2 fully saturated rings. The Bertz CT molecular complexity index is 766. The maximum atomic E-state index is 6.86. The van der Waals surface area contributed by atoms with E-state index in [1.807, 2.05) is 0 Å². The second-order valence-corrected chi connectivity index (χ2v) is 14.8. The van der Waals surface area contributed by atoms with Gasteiger partial charge in [0.05, 0.1) is 12.2 Å². The molecule has 0 aromatic rings. The highest BCUT2D eigenvalue weighted by molar-refractivity contribution is 4.94. The van der Waals surface area contributed by atoms with Crippen LogP contribution < -0.4 is 0 Å². The Morgan fingerprint density at radius 3 is 1.38 bits per heavy atom. The van der Waals surface area contributed by atoms with Gasteiger partial charge >= 0.3 is 0 Å². The van der Waals surface area contributed by atoms with Crippen molar-refractivity contribution in [3.8, 4) is 0 Å². The van der Waals surface area contributed by atoms with Gasteiger partial charge in [-0.3, -0.25) is 0 Å². The van der Waals surface area contributed by atoms with Gasteiger partial charge in [-0.25, -0.2) is 0 Å². The molecule has 2 aliphatic heterocycles. The van der Waals surface area contributed by atoms with Crippen molar-refractivity contribution >= 4 is 0 Å². The van der Waals surface area contributed by atoms with Gasteiger partial charge in [0, 0.05) is 19.4 Å². The van der Waals surface area contributed by atoms with E-state index >= 15 is 0 Å². The molecule has 272 valence electrons. The molecule has 0 aromatic carbocycles. The van der Waals surface area contributed by atoms with Gasteiger partial charge in [0.1, 0.15) is 0 Å². The zero-order valence-corrected chi connectivity index (χ0v) is 31.8. The van der Waals surface area contributed by atoms with Gasteiger partial charge in [-0.15, -0.1) is 0 Å². The SMILES string of the molecule is CCCCC/C=C\C/C=C\CCCCCCCCC1(CCCCCCCC/C=C\C/C=C\CCCCC)O[C@H]2CCCN(C)C[C@H]2O1. The van der Waals surface area contributed by atoms with Crippen LogP contribution in [0.3, 0.4) is 0 Å². The molecule has 0 unspecified atom stereocenters. The Balaban J connectivity index is 1.56. The molecule has 0 aromatic heterocycles. The molecule has 2 heterocycles. The maximum absolute atomic E-state index is 6.86. The molecule has 2 saturated heterocycles. The molecular formula is C44H79NO2. The fraction of sp³-hybridized carbons (Fsp3) is 0.818. The minimum atomic E-state index is -0.321. The van der Waals surface area contributed by atoms with Crippen LogP contribution in [0.1, 0.15) is 194 Å². The van der Waals surface area contributed by atoms with Crippen molar-refractivity contribution in [3.05, 3.63) is 48.6 Å². The fourth-order valence-corrected chi connectivity index (χ4v) is 7.22. The average Bonchev–Trinajstić information content (AvgIpc) is 3.30. The topological polar surface area (TPSA) is 21.7 Å². The van der Waals surface area contributed by atoms with E-state index in [9.17, 15) is 0 Å². The first-order valence-corrected chi connectivity index (χ1v) is 20.8. The van der Waals surface area contributed by atoms with Gasteiger partial charge in [0.25, 0.3) is 0 Å². The summed E-state index contributed by atoms with van der Waals surface area (Å²) in [6.45, 7) is 6.74. The normalized spacial score (nSPS) is 20.4. The van der Waals surface area contributed by atoms with Crippen LogP contribution in [-0.4, -0.2) is 43.0 Å². The first-order chi connectivity index (χ1) is 23.2. The van der Waals surface area contributed by atoms with Crippen LogP contribution in [0.4, 0.5) is 0 Å². The summed E-state index contributed by atoms with van der Waals surface area (Å²) in [7, 11) is 2.25. The molecule has 0 bridgehead atoms. The third-order valence-electron chi connectivity index (χ3n) is 10.2. The smallest absolute Gasteiger partial charge is 0.169 e. The molecule has 0 saturated carbocycles. The Morgan fingerprint density at radius 1 is 0.511 bits per heavy atom. The largest absolute Gasteiger partial charge is 0.344 e. The minimum Gasteiger partial charge on any atom is -0.344 e. The zero-order chi connectivity index (χ0) is 33.5. The van der Waals surface area contributed by atoms with Gasteiger partial charge < -0.3 is 14.4 Å². The summed E-state index contributed by atoms with van der Waals surface area (Å²) in [5.41, 5.74) is 0. The number of likely N-dealkylation sites (tertiary alicyclic amines) is 1. The molecule has 3 nitrogen and oxygen atoms in total. The molecule has 0 N–H and O–H groups in total. The van der Waals surface area contributed by atoms with Crippen LogP contribution in [-0.2, 0) is 9.47 Å². The number of allylic oxidation sites excluding steroid dienone is 8. The Hall–Kier alpha value is -1.16. The van der Waals surface area contributed by atoms with Crippen molar-refractivity contribution in [1.82, 2.24) is 4.90 Å². The second kappa shape index (κ2) is 29.7. The number of hydrogen-bond donors (Lipinski definition) is 0. The predicted octanol–water partition coefficient (Wildman–Crippen LogP) is 13.6. The number of fused-ring (bicyclic) bond motifs is 1. The van der Waals surface area contributed by atoms with Gasteiger partial charge in [-0.1, -0.05) is 140 Å². The molecule has 2 rings (SSSR count). The summed E-state index contributed by atoms with van der Waals surface area (Å²) >= 11 is 0. The maximum Gasteiger partial charge on any atom is 0.169 e. The Kier molecular flexibility index (Phi) is 26.6. The lowest BCUT2D eigenvalue weighted by Gasteiger charge is -2.29. The molecule has 2 atom stereocenters. The summed E-state index contributed by atoms with van der Waals surface area (Å²) in [5.74, 6) is -0.321. The van der Waals surface area contributed by atoms with E-state index in [2.05, 4.69) is 74.4 Å². The highest BCUT2D eigenvalue weighted by Gasteiger charge is 2.47. The van der Waals surface area contributed by atoms with E-state index in [4.69, 9.17) is 9.47 Å². The van der Waals surface area contributed by atoms with Gasteiger partial charge in [-0.05, 0) is 103 Å². The van der Waals surface area contributed by atoms with Crippen molar-refractivity contribution in [1.29, 1.82) is 0 Å². The quantitative estimate of drug-likeness (QED) is 0.0569. The standard InChI is InChI=1S/C44H79NO2/c1-4-6-8-10-12-14-16-18-20-22-24-26-28-30-32-34-38-44(46-42-37-36-40-45(3)41-43(42)47-44)39-35-33-31-29-27-25-23-21-19-17-15-13-11-9-7-5-2/h12-15,18-21,42-43H,4-11,16-17,22-41H2,1-3H3/b14-12-,15-13-,20-18-,21-19-/t42-,43+/m0/s1. The third kappa shape index (κ3) is 22.2. The van der Waals surface area contributed by atoms with Crippen molar-refractivity contribution in [2.24, 2.45) is 0 Å². The fourth-order valence-electron chi connectivity index (χ4n) is 7.22. The highest BCUT2D eigenvalue weighted by Crippen LogP contribution is 2.40. The number of hydrogen-bond acceptors (Lipinski definition) is 3. The predicted molar refractivity (Wildman–Crippen MR) is 207 cm³/mol. The van der Waals surface area contributed by atoms with Crippen LogP contribution in [0.2, 0.25) is 0 Å². The molecular weight excluding hydrogens is 574 g/mol. The molecule has 0 amide bonds. The summed E-state index contributed by atoms with van der Waals surface area (Å²) in [4.78, 5) is 2.45. The van der Waals surface area contributed by atoms with E-state index in [1.165, 1.54) is 154 Å². The van der Waals surface area contributed by atoms with Crippen LogP contribution in [0.5, 0.6) is 0 Å².